The Balaban J connectivity index is 2.52. The van der Waals surface area contributed by atoms with Gasteiger partial charge in [0.05, 0.1) is 0 Å². The molecule has 1 fully saturated rings. The highest BCUT2D eigenvalue weighted by atomic mass is 15.2. The minimum atomic E-state index is 0.495. The molecule has 0 radical (unpaired) electrons. The van der Waals surface area contributed by atoms with E-state index in [1.165, 1.54) is 45.3 Å². The molecular weight excluding hydrogens is 196 g/mol. The maximum Gasteiger partial charge on any atom is 0.00965 e. The van der Waals surface area contributed by atoms with Gasteiger partial charge in [-0.25, -0.2) is 0 Å². The average Bonchev–Trinajstić information content (AvgIpc) is 3.15. The minimum absolute atomic E-state index is 0.495. The van der Waals surface area contributed by atoms with Gasteiger partial charge < -0.3 is 10.2 Å². The molecule has 1 aliphatic rings. The lowest BCUT2D eigenvalue weighted by atomic mass is 9.81. The Morgan fingerprint density at radius 2 is 1.75 bits per heavy atom. The van der Waals surface area contributed by atoms with Gasteiger partial charge in [0.15, 0.2) is 0 Å². The highest BCUT2D eigenvalue weighted by molar-refractivity contribution is 4.90. The molecule has 0 aromatic carbocycles. The predicted molar refractivity (Wildman–Crippen MR) is 71.8 cm³/mol. The second-order valence-electron chi connectivity index (χ2n) is 5.28. The third-order valence-electron chi connectivity index (χ3n) is 4.26. The normalized spacial score (nSPS) is 17.1. The van der Waals surface area contributed by atoms with Crippen molar-refractivity contribution in [3.05, 3.63) is 0 Å². The molecule has 1 N–H and O–H groups in total. The number of rotatable bonds is 9. The van der Waals surface area contributed by atoms with E-state index in [2.05, 4.69) is 37.9 Å². The minimum Gasteiger partial charge on any atom is -0.316 e. The molecule has 1 saturated carbocycles. The van der Waals surface area contributed by atoms with Crippen LogP contribution in [0.3, 0.4) is 0 Å². The summed E-state index contributed by atoms with van der Waals surface area (Å²) in [4.78, 5) is 2.70. The predicted octanol–water partition coefficient (Wildman–Crippen LogP) is 2.89. The Kier molecular flexibility index (Phi) is 5.77. The lowest BCUT2D eigenvalue weighted by Gasteiger charge is -2.37. The van der Waals surface area contributed by atoms with Gasteiger partial charge in [0.25, 0.3) is 0 Å². The van der Waals surface area contributed by atoms with Crippen LogP contribution in [0.25, 0.3) is 0 Å². The second-order valence-corrected chi connectivity index (χ2v) is 5.28. The summed E-state index contributed by atoms with van der Waals surface area (Å²) in [5, 5.41) is 3.55. The molecule has 0 saturated heterocycles. The van der Waals surface area contributed by atoms with E-state index in [1.54, 1.807) is 0 Å². The summed E-state index contributed by atoms with van der Waals surface area (Å²) in [5.74, 6) is 0. The number of hydrogen-bond acceptors (Lipinski definition) is 2. The van der Waals surface area contributed by atoms with Crippen molar-refractivity contribution in [1.82, 2.24) is 10.2 Å². The van der Waals surface area contributed by atoms with Crippen LogP contribution in [0.2, 0.25) is 0 Å². The van der Waals surface area contributed by atoms with E-state index in [-0.39, 0.29) is 0 Å². The summed E-state index contributed by atoms with van der Waals surface area (Å²) in [6.45, 7) is 14.0. The van der Waals surface area contributed by atoms with Gasteiger partial charge in [0, 0.05) is 19.1 Å². The summed E-state index contributed by atoms with van der Waals surface area (Å²) in [7, 11) is 0. The van der Waals surface area contributed by atoms with E-state index >= 15 is 0 Å². The van der Waals surface area contributed by atoms with E-state index in [0.717, 1.165) is 12.6 Å². The van der Waals surface area contributed by atoms with E-state index in [9.17, 15) is 0 Å². The maximum atomic E-state index is 3.55. The van der Waals surface area contributed by atoms with Crippen LogP contribution >= 0.6 is 0 Å². The van der Waals surface area contributed by atoms with Gasteiger partial charge in [-0.3, -0.25) is 0 Å². The number of nitrogens with one attached hydrogen (secondary N) is 1. The van der Waals surface area contributed by atoms with E-state index in [4.69, 9.17) is 0 Å². The zero-order valence-corrected chi connectivity index (χ0v) is 11.7. The maximum absolute atomic E-state index is 3.55. The van der Waals surface area contributed by atoms with Gasteiger partial charge in [0.1, 0.15) is 0 Å². The third kappa shape index (κ3) is 3.74. The van der Waals surface area contributed by atoms with Crippen molar-refractivity contribution in [1.29, 1.82) is 0 Å². The summed E-state index contributed by atoms with van der Waals surface area (Å²) < 4.78 is 0. The van der Waals surface area contributed by atoms with Crippen molar-refractivity contribution in [2.24, 2.45) is 5.41 Å². The first-order valence-corrected chi connectivity index (χ1v) is 7.16. The molecule has 0 spiro atoms. The monoisotopic (exact) mass is 226 g/mol. The molecule has 1 aliphatic carbocycles. The van der Waals surface area contributed by atoms with Gasteiger partial charge in [-0.2, -0.15) is 0 Å². The van der Waals surface area contributed by atoms with Crippen LogP contribution < -0.4 is 5.32 Å². The summed E-state index contributed by atoms with van der Waals surface area (Å²) in [5.41, 5.74) is 0.495. The topological polar surface area (TPSA) is 15.3 Å². The fraction of sp³-hybridized carbons (Fsp3) is 1.00. The fourth-order valence-corrected chi connectivity index (χ4v) is 2.54. The molecule has 0 atom stereocenters. The van der Waals surface area contributed by atoms with E-state index in [0.29, 0.717) is 5.41 Å². The Bertz CT molecular complexity index is 183. The Morgan fingerprint density at radius 3 is 2.12 bits per heavy atom. The molecule has 0 amide bonds. The van der Waals surface area contributed by atoms with Crippen molar-refractivity contribution < 1.29 is 0 Å². The summed E-state index contributed by atoms with van der Waals surface area (Å²) in [6, 6.07) is 0.907. The lowest BCUT2D eigenvalue weighted by Crippen LogP contribution is -2.44. The Hall–Kier alpha value is -0.0800. The fourth-order valence-electron chi connectivity index (χ4n) is 2.54. The van der Waals surface area contributed by atoms with Crippen LogP contribution in [-0.2, 0) is 0 Å². The van der Waals surface area contributed by atoms with Crippen molar-refractivity contribution in [3.8, 4) is 0 Å². The molecule has 2 nitrogen and oxygen atoms in total. The quantitative estimate of drug-likeness (QED) is 0.650. The van der Waals surface area contributed by atoms with Crippen LogP contribution in [0, 0.1) is 5.41 Å². The molecule has 1 rings (SSSR count). The molecular formula is C14H30N2. The van der Waals surface area contributed by atoms with Crippen molar-refractivity contribution >= 4 is 0 Å². The van der Waals surface area contributed by atoms with Gasteiger partial charge >= 0.3 is 0 Å². The molecule has 2 heteroatoms. The van der Waals surface area contributed by atoms with Crippen LogP contribution in [0.5, 0.6) is 0 Å². The van der Waals surface area contributed by atoms with Crippen LogP contribution in [0.15, 0.2) is 0 Å². The van der Waals surface area contributed by atoms with Gasteiger partial charge in [-0.05, 0) is 44.2 Å². The van der Waals surface area contributed by atoms with E-state index in [1.807, 2.05) is 0 Å². The molecule has 96 valence electrons. The Morgan fingerprint density at radius 1 is 1.12 bits per heavy atom. The van der Waals surface area contributed by atoms with Crippen LogP contribution in [-0.4, -0.2) is 37.1 Å². The van der Waals surface area contributed by atoms with Crippen molar-refractivity contribution in [2.45, 2.75) is 59.4 Å². The van der Waals surface area contributed by atoms with E-state index < -0.39 is 0 Å². The molecule has 0 unspecified atom stereocenters. The number of hydrogen-bond donors (Lipinski definition) is 1. The van der Waals surface area contributed by atoms with Crippen molar-refractivity contribution in [2.75, 3.05) is 26.2 Å². The molecule has 0 bridgehead atoms. The highest BCUT2D eigenvalue weighted by Gasteiger charge is 2.34. The largest absolute Gasteiger partial charge is 0.316 e. The van der Waals surface area contributed by atoms with Gasteiger partial charge in [-0.1, -0.05) is 27.7 Å². The zero-order valence-electron chi connectivity index (χ0n) is 11.7. The average molecular weight is 226 g/mol. The third-order valence-corrected chi connectivity index (χ3v) is 4.26. The first kappa shape index (κ1) is 14.0. The molecule has 0 aliphatic heterocycles. The first-order chi connectivity index (χ1) is 7.71. The van der Waals surface area contributed by atoms with Crippen molar-refractivity contribution in [3.63, 3.8) is 0 Å². The molecule has 0 heterocycles. The first-order valence-electron chi connectivity index (χ1n) is 7.16. The smallest absolute Gasteiger partial charge is 0.00965 e. The number of nitrogens with zero attached hydrogens (tertiary/aromatic N) is 1. The highest BCUT2D eigenvalue weighted by Crippen LogP contribution is 2.33. The SMILES string of the molecule is CCNCC(CC)(CC)CN(CC)C1CC1. The van der Waals surface area contributed by atoms with Crippen LogP contribution in [0.1, 0.15) is 53.4 Å². The zero-order chi connectivity index (χ0) is 12.0. The summed E-state index contributed by atoms with van der Waals surface area (Å²) in [6.07, 6.45) is 5.44. The molecule has 0 aromatic heterocycles. The standard InChI is InChI=1S/C14H30N2/c1-5-14(6-2,11-15-7-3)12-16(8-4)13-9-10-13/h13,15H,5-12H2,1-4H3. The van der Waals surface area contributed by atoms with Gasteiger partial charge in [0.2, 0.25) is 0 Å². The van der Waals surface area contributed by atoms with Crippen LogP contribution in [0.4, 0.5) is 0 Å². The molecule has 0 aromatic rings. The summed E-state index contributed by atoms with van der Waals surface area (Å²) >= 11 is 0. The molecule has 16 heavy (non-hydrogen) atoms. The lowest BCUT2D eigenvalue weighted by molar-refractivity contribution is 0.133. The second kappa shape index (κ2) is 6.61. The van der Waals surface area contributed by atoms with Gasteiger partial charge in [-0.15, -0.1) is 0 Å². The Labute approximate surface area is 102 Å².